The summed E-state index contributed by atoms with van der Waals surface area (Å²) in [5.41, 5.74) is 6.39. The quantitative estimate of drug-likeness (QED) is 0.807. The van der Waals surface area contributed by atoms with Crippen molar-refractivity contribution in [3.63, 3.8) is 0 Å². The molecule has 4 nitrogen and oxygen atoms in total. The zero-order valence-electron chi connectivity index (χ0n) is 11.7. The van der Waals surface area contributed by atoms with E-state index in [4.69, 9.17) is 5.73 Å². The average Bonchev–Trinajstić information content (AvgIpc) is 2.63. The standard InChI is InChI=1S/C13H23N3OS/c1-5-6-7-8-16(9(2)3)12(17)11-10(4)15-13(14)18-11/h9H,5-8H2,1-4H3,(H2,14,15). The number of rotatable bonds is 6. The second kappa shape index (κ2) is 6.73. The Morgan fingerprint density at radius 2 is 2.11 bits per heavy atom. The minimum absolute atomic E-state index is 0.0628. The van der Waals surface area contributed by atoms with Crippen LogP contribution in [0, 0.1) is 6.92 Å². The molecule has 0 saturated carbocycles. The molecule has 0 bridgehead atoms. The smallest absolute Gasteiger partial charge is 0.266 e. The number of nitrogens with zero attached hydrogens (tertiary/aromatic N) is 2. The number of hydrogen-bond acceptors (Lipinski definition) is 4. The molecule has 102 valence electrons. The first kappa shape index (κ1) is 15.0. The van der Waals surface area contributed by atoms with Crippen LogP contribution in [0.5, 0.6) is 0 Å². The molecular weight excluding hydrogens is 246 g/mol. The minimum atomic E-state index is 0.0628. The molecule has 0 unspecified atom stereocenters. The number of aromatic nitrogens is 1. The molecule has 1 aromatic heterocycles. The topological polar surface area (TPSA) is 59.2 Å². The number of unbranched alkanes of at least 4 members (excludes halogenated alkanes) is 2. The molecule has 5 heteroatoms. The van der Waals surface area contributed by atoms with Gasteiger partial charge in [-0.05, 0) is 27.2 Å². The van der Waals surface area contributed by atoms with E-state index < -0.39 is 0 Å². The average molecular weight is 269 g/mol. The van der Waals surface area contributed by atoms with Crippen LogP contribution in [0.1, 0.15) is 55.4 Å². The highest BCUT2D eigenvalue weighted by Crippen LogP contribution is 2.22. The molecule has 0 spiro atoms. The van der Waals surface area contributed by atoms with Crippen LogP contribution in [0.2, 0.25) is 0 Å². The fourth-order valence-corrected chi connectivity index (χ4v) is 2.66. The molecule has 1 heterocycles. The number of thiazole rings is 1. The molecule has 0 atom stereocenters. The van der Waals surface area contributed by atoms with Crippen LogP contribution < -0.4 is 5.73 Å². The van der Waals surface area contributed by atoms with E-state index >= 15 is 0 Å². The lowest BCUT2D eigenvalue weighted by Crippen LogP contribution is -2.37. The summed E-state index contributed by atoms with van der Waals surface area (Å²) < 4.78 is 0. The van der Waals surface area contributed by atoms with Crippen molar-refractivity contribution in [1.29, 1.82) is 0 Å². The van der Waals surface area contributed by atoms with Crippen molar-refractivity contribution in [2.24, 2.45) is 0 Å². The predicted molar refractivity (Wildman–Crippen MR) is 77.0 cm³/mol. The number of amides is 1. The van der Waals surface area contributed by atoms with E-state index in [0.717, 1.165) is 31.5 Å². The first-order valence-electron chi connectivity index (χ1n) is 6.51. The number of carbonyl (C=O) groups excluding carboxylic acids is 1. The van der Waals surface area contributed by atoms with Gasteiger partial charge in [0.2, 0.25) is 0 Å². The molecule has 0 saturated heterocycles. The molecule has 0 aromatic carbocycles. The monoisotopic (exact) mass is 269 g/mol. The third-order valence-corrected chi connectivity index (χ3v) is 3.87. The summed E-state index contributed by atoms with van der Waals surface area (Å²) in [6, 6.07) is 0.206. The van der Waals surface area contributed by atoms with Gasteiger partial charge in [0, 0.05) is 12.6 Å². The molecule has 0 fully saturated rings. The third-order valence-electron chi connectivity index (χ3n) is 2.89. The lowest BCUT2D eigenvalue weighted by Gasteiger charge is -2.26. The first-order valence-corrected chi connectivity index (χ1v) is 7.32. The zero-order chi connectivity index (χ0) is 13.7. The fraction of sp³-hybridized carbons (Fsp3) is 0.692. The van der Waals surface area contributed by atoms with Crippen molar-refractivity contribution < 1.29 is 4.79 Å². The van der Waals surface area contributed by atoms with Crippen LogP contribution in [0.4, 0.5) is 5.13 Å². The van der Waals surface area contributed by atoms with Gasteiger partial charge in [-0.25, -0.2) is 4.98 Å². The summed E-state index contributed by atoms with van der Waals surface area (Å²) in [6.45, 7) is 8.90. The predicted octanol–water partition coefficient (Wildman–Crippen LogP) is 3.07. The van der Waals surface area contributed by atoms with Gasteiger partial charge >= 0.3 is 0 Å². The van der Waals surface area contributed by atoms with Crippen molar-refractivity contribution in [1.82, 2.24) is 9.88 Å². The van der Waals surface area contributed by atoms with E-state index in [9.17, 15) is 4.79 Å². The number of carbonyl (C=O) groups is 1. The van der Waals surface area contributed by atoms with Crippen LogP contribution >= 0.6 is 11.3 Å². The Labute approximate surface area is 113 Å². The van der Waals surface area contributed by atoms with Gasteiger partial charge in [0.05, 0.1) is 5.69 Å². The van der Waals surface area contributed by atoms with E-state index in [1.54, 1.807) is 0 Å². The lowest BCUT2D eigenvalue weighted by atomic mass is 10.2. The molecule has 0 aliphatic carbocycles. The summed E-state index contributed by atoms with van der Waals surface area (Å²) >= 11 is 1.28. The number of anilines is 1. The number of nitrogen functional groups attached to an aromatic ring is 1. The van der Waals surface area contributed by atoms with Crippen LogP contribution in [0.15, 0.2) is 0 Å². The van der Waals surface area contributed by atoms with Gasteiger partial charge in [0.25, 0.3) is 5.91 Å². The summed E-state index contributed by atoms with van der Waals surface area (Å²) in [4.78, 5) is 19.2. The number of aryl methyl sites for hydroxylation is 1. The van der Waals surface area contributed by atoms with E-state index in [0.29, 0.717) is 10.0 Å². The van der Waals surface area contributed by atoms with Gasteiger partial charge in [-0.3, -0.25) is 4.79 Å². The van der Waals surface area contributed by atoms with Gasteiger partial charge in [0.15, 0.2) is 5.13 Å². The molecule has 0 aliphatic heterocycles. The first-order chi connectivity index (χ1) is 8.47. The highest BCUT2D eigenvalue weighted by Gasteiger charge is 2.22. The summed E-state index contributed by atoms with van der Waals surface area (Å²) in [6.07, 6.45) is 3.36. The van der Waals surface area contributed by atoms with Gasteiger partial charge in [-0.15, -0.1) is 0 Å². The Morgan fingerprint density at radius 1 is 1.44 bits per heavy atom. The zero-order valence-corrected chi connectivity index (χ0v) is 12.5. The van der Waals surface area contributed by atoms with Crippen molar-refractivity contribution >= 4 is 22.4 Å². The normalized spacial score (nSPS) is 10.9. The Morgan fingerprint density at radius 3 is 2.56 bits per heavy atom. The van der Waals surface area contributed by atoms with Gasteiger partial charge in [-0.2, -0.15) is 0 Å². The minimum Gasteiger partial charge on any atom is -0.375 e. The molecular formula is C13H23N3OS. The molecule has 18 heavy (non-hydrogen) atoms. The summed E-state index contributed by atoms with van der Waals surface area (Å²) in [7, 11) is 0. The molecule has 1 amide bonds. The maximum atomic E-state index is 12.5. The number of nitrogens with two attached hydrogens (primary N) is 1. The maximum Gasteiger partial charge on any atom is 0.266 e. The van der Waals surface area contributed by atoms with Crippen molar-refractivity contribution in [3.8, 4) is 0 Å². The Kier molecular flexibility index (Phi) is 5.59. The third kappa shape index (κ3) is 3.70. The Bertz CT molecular complexity index is 401. The summed E-state index contributed by atoms with van der Waals surface area (Å²) in [5.74, 6) is 0.0628. The lowest BCUT2D eigenvalue weighted by molar-refractivity contribution is 0.0706. The van der Waals surface area contributed by atoms with Crippen LogP contribution in [-0.4, -0.2) is 28.4 Å². The van der Waals surface area contributed by atoms with E-state index in [-0.39, 0.29) is 11.9 Å². The summed E-state index contributed by atoms with van der Waals surface area (Å²) in [5, 5.41) is 0.466. The van der Waals surface area contributed by atoms with Gasteiger partial charge < -0.3 is 10.6 Å². The van der Waals surface area contributed by atoms with E-state index in [1.807, 2.05) is 25.7 Å². The maximum absolute atomic E-state index is 12.5. The second-order valence-electron chi connectivity index (χ2n) is 4.77. The van der Waals surface area contributed by atoms with E-state index in [1.165, 1.54) is 11.3 Å². The van der Waals surface area contributed by atoms with Crippen molar-refractivity contribution in [2.75, 3.05) is 12.3 Å². The second-order valence-corrected chi connectivity index (χ2v) is 5.80. The molecule has 1 aromatic rings. The van der Waals surface area contributed by atoms with Crippen LogP contribution in [0.25, 0.3) is 0 Å². The van der Waals surface area contributed by atoms with Crippen LogP contribution in [-0.2, 0) is 0 Å². The number of hydrogen-bond donors (Lipinski definition) is 1. The van der Waals surface area contributed by atoms with Gasteiger partial charge in [-0.1, -0.05) is 31.1 Å². The van der Waals surface area contributed by atoms with Crippen molar-refractivity contribution in [3.05, 3.63) is 10.6 Å². The van der Waals surface area contributed by atoms with E-state index in [2.05, 4.69) is 11.9 Å². The molecule has 1 rings (SSSR count). The van der Waals surface area contributed by atoms with Crippen LogP contribution in [0.3, 0.4) is 0 Å². The van der Waals surface area contributed by atoms with Crippen molar-refractivity contribution in [2.45, 2.75) is 53.0 Å². The Balaban J connectivity index is 2.79. The molecule has 0 radical (unpaired) electrons. The molecule has 0 aliphatic rings. The van der Waals surface area contributed by atoms with Gasteiger partial charge in [0.1, 0.15) is 4.88 Å². The highest BCUT2D eigenvalue weighted by molar-refractivity contribution is 7.17. The fourth-order valence-electron chi connectivity index (χ4n) is 1.87. The Hall–Kier alpha value is -1.10. The largest absolute Gasteiger partial charge is 0.375 e. The highest BCUT2D eigenvalue weighted by atomic mass is 32.1. The molecule has 2 N–H and O–H groups in total. The SMILES string of the molecule is CCCCCN(C(=O)c1sc(N)nc1C)C(C)C.